The Bertz CT molecular complexity index is 1290. The number of methoxy groups -OCH3 is 1. The monoisotopic (exact) mass is 540 g/mol. The second-order valence-corrected chi connectivity index (χ2v) is 9.62. The third-order valence-electron chi connectivity index (χ3n) is 5.27. The minimum atomic E-state index is -4.72. The van der Waals surface area contributed by atoms with Gasteiger partial charge in [-0.3, -0.25) is 0 Å². The molecule has 3 aromatic rings. The fourth-order valence-corrected chi connectivity index (χ4v) is 4.35. The van der Waals surface area contributed by atoms with Gasteiger partial charge in [0.25, 0.3) is 0 Å². The number of rotatable bonds is 11. The lowest BCUT2D eigenvalue weighted by molar-refractivity contribution is -0.137. The third-order valence-corrected chi connectivity index (χ3v) is 6.50. The van der Waals surface area contributed by atoms with Gasteiger partial charge in [-0.2, -0.15) is 21.6 Å². The summed E-state index contributed by atoms with van der Waals surface area (Å²) in [5.41, 5.74) is -0.632. The number of halogens is 3. The Hall–Kier alpha value is -3.67. The zero-order valence-electron chi connectivity index (χ0n) is 20.2. The lowest BCUT2D eigenvalue weighted by Gasteiger charge is -2.23. The van der Waals surface area contributed by atoms with Gasteiger partial charge in [0.15, 0.2) is 11.5 Å². The number of ether oxygens (including phenoxy) is 1. The summed E-state index contributed by atoms with van der Waals surface area (Å²) >= 11 is 0. The number of benzene rings is 2. The zero-order chi connectivity index (χ0) is 27.1. The van der Waals surface area contributed by atoms with Gasteiger partial charge in [-0.1, -0.05) is 25.5 Å². The maximum atomic E-state index is 13.1. The van der Waals surface area contributed by atoms with Crippen LogP contribution in [0, 0.1) is 0 Å². The van der Waals surface area contributed by atoms with Crippen LogP contribution in [0.5, 0.6) is 11.5 Å². The fourth-order valence-electron chi connectivity index (χ4n) is 3.37. The Morgan fingerprint density at radius 3 is 2.49 bits per heavy atom. The Labute approximate surface area is 213 Å². The van der Waals surface area contributed by atoms with E-state index in [9.17, 15) is 26.4 Å². The van der Waals surface area contributed by atoms with Gasteiger partial charge in [-0.05, 0) is 54.4 Å². The van der Waals surface area contributed by atoms with Crippen molar-refractivity contribution in [3.05, 3.63) is 77.7 Å². The Morgan fingerprint density at radius 2 is 1.84 bits per heavy atom. The number of unbranched alkanes of at least 4 members (excludes halogenated alkanes) is 1. The topological polar surface area (TPSA) is 98.1 Å². The highest BCUT2D eigenvalue weighted by atomic mass is 32.2. The van der Waals surface area contributed by atoms with Crippen LogP contribution in [0.15, 0.2) is 70.2 Å². The number of amides is 2. The molecule has 1 N–H and O–H groups in total. The van der Waals surface area contributed by atoms with Crippen molar-refractivity contribution in [2.75, 3.05) is 13.7 Å². The normalized spacial score (nSPS) is 11.7. The molecular formula is C25H27F3N2O6S. The average Bonchev–Trinajstić information content (AvgIpc) is 3.36. The number of hydrogen-bond donors (Lipinski definition) is 1. The van der Waals surface area contributed by atoms with E-state index >= 15 is 0 Å². The van der Waals surface area contributed by atoms with Gasteiger partial charge in [0.2, 0.25) is 0 Å². The molecule has 1 aromatic heterocycles. The molecule has 1 heterocycles. The highest BCUT2D eigenvalue weighted by molar-refractivity contribution is 7.87. The molecule has 0 radical (unpaired) electrons. The molecule has 0 spiro atoms. The quantitative estimate of drug-likeness (QED) is 0.252. The maximum absolute atomic E-state index is 13.1. The second kappa shape index (κ2) is 12.0. The molecule has 0 bridgehead atoms. The van der Waals surface area contributed by atoms with Crippen molar-refractivity contribution in [3.63, 3.8) is 0 Å². The van der Waals surface area contributed by atoms with Crippen molar-refractivity contribution < 1.29 is 39.7 Å². The molecule has 3 rings (SSSR count). The summed E-state index contributed by atoms with van der Waals surface area (Å²) in [5.74, 6) is 0.355. The van der Waals surface area contributed by atoms with E-state index in [4.69, 9.17) is 13.3 Å². The highest BCUT2D eigenvalue weighted by Gasteiger charge is 2.32. The van der Waals surface area contributed by atoms with Gasteiger partial charge in [0, 0.05) is 13.1 Å². The number of hydrogen-bond acceptors (Lipinski definition) is 6. The molecule has 0 aliphatic rings. The summed E-state index contributed by atoms with van der Waals surface area (Å²) in [7, 11) is -3.34. The van der Waals surface area contributed by atoms with Crippen LogP contribution in [0.4, 0.5) is 18.0 Å². The molecule has 200 valence electrons. The number of nitrogens with zero attached hydrogens (tertiary/aromatic N) is 1. The summed E-state index contributed by atoms with van der Waals surface area (Å²) < 4.78 is 80.6. The molecule has 0 saturated carbocycles. The van der Waals surface area contributed by atoms with E-state index < -0.39 is 26.8 Å². The molecule has 0 aliphatic heterocycles. The molecule has 12 heteroatoms. The van der Waals surface area contributed by atoms with Gasteiger partial charge in [-0.25, -0.2) is 4.79 Å². The SMILES string of the molecule is CCCCNC(=O)N(Cc1ccc(OC)c(OS(=O)(=O)c2cccc(C(F)(F)F)c2)c1)Cc1ccco1. The van der Waals surface area contributed by atoms with Gasteiger partial charge in [-0.15, -0.1) is 0 Å². The van der Waals surface area contributed by atoms with E-state index in [-0.39, 0.29) is 30.6 Å². The van der Waals surface area contributed by atoms with Crippen LogP contribution >= 0.6 is 0 Å². The van der Waals surface area contributed by atoms with Crippen LogP contribution in [0.25, 0.3) is 0 Å². The van der Waals surface area contributed by atoms with Crippen molar-refractivity contribution in [2.24, 2.45) is 0 Å². The summed E-state index contributed by atoms with van der Waals surface area (Å²) in [6, 6.07) is 10.7. The zero-order valence-corrected chi connectivity index (χ0v) is 21.1. The maximum Gasteiger partial charge on any atom is 0.416 e. The summed E-state index contributed by atoms with van der Waals surface area (Å²) in [6.07, 6.45) is -1.54. The Balaban J connectivity index is 1.87. The van der Waals surface area contributed by atoms with Gasteiger partial charge < -0.3 is 23.6 Å². The summed E-state index contributed by atoms with van der Waals surface area (Å²) in [6.45, 7) is 2.69. The van der Waals surface area contributed by atoms with E-state index in [2.05, 4.69) is 5.32 Å². The van der Waals surface area contributed by atoms with Crippen molar-refractivity contribution in [2.45, 2.75) is 43.9 Å². The summed E-state index contributed by atoms with van der Waals surface area (Å²) in [5, 5.41) is 2.83. The first-order chi connectivity index (χ1) is 17.5. The second-order valence-electron chi connectivity index (χ2n) is 8.07. The molecular weight excluding hydrogens is 513 g/mol. The van der Waals surface area contributed by atoms with Gasteiger partial charge in [0.1, 0.15) is 10.7 Å². The fraction of sp³-hybridized carbons (Fsp3) is 0.320. The lowest BCUT2D eigenvalue weighted by Crippen LogP contribution is -2.39. The molecule has 2 amide bonds. The number of carbonyl (C=O) groups is 1. The largest absolute Gasteiger partial charge is 0.493 e. The predicted octanol–water partition coefficient (Wildman–Crippen LogP) is 5.59. The molecule has 0 saturated heterocycles. The molecule has 37 heavy (non-hydrogen) atoms. The lowest BCUT2D eigenvalue weighted by atomic mass is 10.2. The van der Waals surface area contributed by atoms with Gasteiger partial charge >= 0.3 is 22.3 Å². The first-order valence-electron chi connectivity index (χ1n) is 11.4. The number of carbonyl (C=O) groups excluding carboxylic acids is 1. The van der Waals surface area contributed by atoms with E-state index in [1.165, 1.54) is 30.4 Å². The molecule has 0 atom stereocenters. The van der Waals surface area contributed by atoms with E-state index in [1.807, 2.05) is 6.92 Å². The molecule has 0 aliphatic carbocycles. The van der Waals surface area contributed by atoms with Crippen molar-refractivity contribution >= 4 is 16.1 Å². The van der Waals surface area contributed by atoms with Crippen LogP contribution in [0.3, 0.4) is 0 Å². The molecule has 0 fully saturated rings. The minimum absolute atomic E-state index is 0.0456. The standard InChI is InChI=1S/C25H27F3N2O6S/c1-3-4-12-29-24(31)30(17-20-8-6-13-35-20)16-18-10-11-22(34-2)23(14-18)36-37(32,33)21-9-5-7-19(15-21)25(26,27)28/h5-11,13-15H,3-4,12,16-17H2,1-2H3,(H,29,31). The van der Waals surface area contributed by atoms with Crippen molar-refractivity contribution in [3.8, 4) is 11.5 Å². The first kappa shape index (κ1) is 27.9. The van der Waals surface area contributed by atoms with Crippen LogP contribution in [-0.4, -0.2) is 33.0 Å². The molecule has 2 aromatic carbocycles. The van der Waals surface area contributed by atoms with Crippen molar-refractivity contribution in [1.29, 1.82) is 0 Å². The van der Waals surface area contributed by atoms with Crippen LogP contribution in [0.2, 0.25) is 0 Å². The number of alkyl halides is 3. The van der Waals surface area contributed by atoms with Crippen LogP contribution in [-0.2, 0) is 29.4 Å². The minimum Gasteiger partial charge on any atom is -0.493 e. The van der Waals surface area contributed by atoms with E-state index in [0.29, 0.717) is 23.9 Å². The average molecular weight is 541 g/mol. The first-order valence-corrected chi connectivity index (χ1v) is 12.8. The molecule has 0 unspecified atom stereocenters. The third kappa shape index (κ3) is 7.66. The van der Waals surface area contributed by atoms with E-state index in [1.54, 1.807) is 18.2 Å². The summed E-state index contributed by atoms with van der Waals surface area (Å²) in [4.78, 5) is 13.6. The number of nitrogens with one attached hydrogen (secondary N) is 1. The van der Waals surface area contributed by atoms with Gasteiger partial charge in [0.05, 0.1) is 25.5 Å². The van der Waals surface area contributed by atoms with Crippen molar-refractivity contribution in [1.82, 2.24) is 10.2 Å². The number of urea groups is 1. The van der Waals surface area contributed by atoms with Crippen LogP contribution < -0.4 is 14.2 Å². The Kier molecular flexibility index (Phi) is 9.09. The number of furan rings is 1. The molecule has 8 nitrogen and oxygen atoms in total. The highest BCUT2D eigenvalue weighted by Crippen LogP contribution is 2.34. The predicted molar refractivity (Wildman–Crippen MR) is 129 cm³/mol. The van der Waals surface area contributed by atoms with Crippen LogP contribution in [0.1, 0.15) is 36.7 Å². The van der Waals surface area contributed by atoms with E-state index in [0.717, 1.165) is 31.0 Å². The smallest absolute Gasteiger partial charge is 0.416 e. The Morgan fingerprint density at radius 1 is 1.05 bits per heavy atom.